The average molecular weight is 452 g/mol. The van der Waals surface area contributed by atoms with Gasteiger partial charge in [-0.05, 0) is 30.3 Å². The smallest absolute Gasteiger partial charge is 0.319 e. The lowest BCUT2D eigenvalue weighted by atomic mass is 10.0. The van der Waals surface area contributed by atoms with Crippen LogP contribution in [0.25, 0.3) is 17.0 Å². The fourth-order valence-corrected chi connectivity index (χ4v) is 4.12. The van der Waals surface area contributed by atoms with Crippen molar-refractivity contribution >= 4 is 11.5 Å². The summed E-state index contributed by atoms with van der Waals surface area (Å²) in [5.74, 6) is -0.741. The van der Waals surface area contributed by atoms with Crippen molar-refractivity contribution < 1.29 is 17.6 Å². The molecule has 0 saturated carbocycles. The summed E-state index contributed by atoms with van der Waals surface area (Å²) in [6.07, 6.45) is 0.830. The number of aromatic amines is 1. The number of pyridine rings is 2. The molecule has 0 unspecified atom stereocenters. The lowest BCUT2D eigenvalue weighted by molar-refractivity contribution is 0.143. The number of nitrogens with zero attached hydrogens (tertiary/aromatic N) is 7. The minimum absolute atomic E-state index is 0.0165. The molecule has 9 nitrogen and oxygen atoms in total. The molecule has 5 aromatic rings. The number of nitrogens with one attached hydrogen (secondary N) is 1. The fourth-order valence-electron chi connectivity index (χ4n) is 4.12. The Hall–Kier alpha value is -4.22. The maximum Gasteiger partial charge on any atom is 0.319 e. The number of alkyl halides is 2. The third-order valence-corrected chi connectivity index (χ3v) is 5.61. The van der Waals surface area contributed by atoms with Gasteiger partial charge in [-0.2, -0.15) is 9.49 Å². The van der Waals surface area contributed by atoms with Gasteiger partial charge in [0.15, 0.2) is 0 Å². The SMILES string of the molecule is Fc1ncccc1-c1nnc(N2CCc3[nH]cnc3[C@@H]2c2cc3cccc(C(F)F)n3n2)o1. The van der Waals surface area contributed by atoms with E-state index in [4.69, 9.17) is 4.42 Å². The van der Waals surface area contributed by atoms with Gasteiger partial charge in [-0.25, -0.2) is 23.3 Å². The molecule has 1 atom stereocenters. The Labute approximate surface area is 183 Å². The second-order valence-corrected chi connectivity index (χ2v) is 7.50. The largest absolute Gasteiger partial charge is 0.403 e. The number of imidazole rings is 1. The van der Waals surface area contributed by atoms with Crippen molar-refractivity contribution in [1.29, 1.82) is 0 Å². The predicted octanol–water partition coefficient (Wildman–Crippen LogP) is 3.73. The molecule has 0 fully saturated rings. The van der Waals surface area contributed by atoms with E-state index < -0.39 is 18.4 Å². The zero-order valence-electron chi connectivity index (χ0n) is 16.9. The van der Waals surface area contributed by atoms with Crippen LogP contribution in [-0.2, 0) is 6.42 Å². The highest BCUT2D eigenvalue weighted by atomic mass is 19.3. The first-order valence-electron chi connectivity index (χ1n) is 10.1. The molecule has 0 saturated heterocycles. The Bertz CT molecular complexity index is 1460. The molecule has 1 aliphatic heterocycles. The van der Waals surface area contributed by atoms with Crippen LogP contribution in [0.2, 0.25) is 0 Å². The molecule has 166 valence electrons. The van der Waals surface area contributed by atoms with Crippen LogP contribution in [0.15, 0.2) is 53.3 Å². The first-order chi connectivity index (χ1) is 16.1. The minimum Gasteiger partial charge on any atom is -0.403 e. The summed E-state index contributed by atoms with van der Waals surface area (Å²) in [4.78, 5) is 13.0. The average Bonchev–Trinajstić information content (AvgIpc) is 3.56. The van der Waals surface area contributed by atoms with Crippen LogP contribution in [0.1, 0.15) is 35.2 Å². The van der Waals surface area contributed by atoms with E-state index in [0.717, 1.165) is 5.69 Å². The van der Waals surface area contributed by atoms with Crippen LogP contribution < -0.4 is 4.90 Å². The molecular formula is C21H15F3N8O. The van der Waals surface area contributed by atoms with Crippen LogP contribution in [0.3, 0.4) is 0 Å². The van der Waals surface area contributed by atoms with Crippen LogP contribution in [0.4, 0.5) is 19.2 Å². The summed E-state index contributed by atoms with van der Waals surface area (Å²) < 4.78 is 48.2. The number of anilines is 1. The van der Waals surface area contributed by atoms with Gasteiger partial charge in [-0.3, -0.25) is 0 Å². The molecule has 0 aromatic carbocycles. The monoisotopic (exact) mass is 452 g/mol. The summed E-state index contributed by atoms with van der Waals surface area (Å²) in [7, 11) is 0. The van der Waals surface area contributed by atoms with Gasteiger partial charge in [0.2, 0.25) is 5.95 Å². The van der Waals surface area contributed by atoms with E-state index in [9.17, 15) is 13.2 Å². The molecule has 0 radical (unpaired) electrons. The van der Waals surface area contributed by atoms with Gasteiger partial charge in [-0.15, -0.1) is 5.10 Å². The van der Waals surface area contributed by atoms with Crippen LogP contribution in [0, 0.1) is 5.95 Å². The quantitative estimate of drug-likeness (QED) is 0.415. The first-order valence-corrected chi connectivity index (χ1v) is 10.1. The van der Waals surface area contributed by atoms with Gasteiger partial charge in [0.1, 0.15) is 11.7 Å². The summed E-state index contributed by atoms with van der Waals surface area (Å²) in [5, 5.41) is 12.6. The van der Waals surface area contributed by atoms with E-state index in [1.54, 1.807) is 35.5 Å². The molecule has 0 amide bonds. The summed E-state index contributed by atoms with van der Waals surface area (Å²) >= 11 is 0. The van der Waals surface area contributed by atoms with Crippen molar-refractivity contribution in [2.75, 3.05) is 11.4 Å². The van der Waals surface area contributed by atoms with Crippen molar-refractivity contribution in [1.82, 2.24) is 34.8 Å². The standard InChI is InChI=1S/C21H15F3N8O/c22-18(23)15-5-1-3-11-9-14(30-32(11)15)17-16-13(26-10-27-16)6-8-31(17)21-29-28-20(33-21)12-4-2-7-25-19(12)24/h1-5,7,9-10,17-18H,6,8H2,(H,26,27)/t17-/m0/s1. The van der Waals surface area contributed by atoms with E-state index in [2.05, 4.69) is 30.2 Å². The highest BCUT2D eigenvalue weighted by Gasteiger charge is 2.36. The molecule has 5 aromatic heterocycles. The Balaban J connectivity index is 1.46. The van der Waals surface area contributed by atoms with Crippen LogP contribution in [-0.4, -0.2) is 41.3 Å². The molecule has 0 aliphatic carbocycles. The van der Waals surface area contributed by atoms with Gasteiger partial charge < -0.3 is 14.3 Å². The van der Waals surface area contributed by atoms with Gasteiger partial charge in [0, 0.05) is 24.9 Å². The van der Waals surface area contributed by atoms with Crippen molar-refractivity contribution in [3.05, 3.63) is 77.6 Å². The van der Waals surface area contributed by atoms with Gasteiger partial charge in [0.05, 0.1) is 28.8 Å². The van der Waals surface area contributed by atoms with Crippen LogP contribution >= 0.6 is 0 Å². The van der Waals surface area contributed by atoms with E-state index in [0.29, 0.717) is 29.9 Å². The molecule has 0 bridgehead atoms. The highest BCUT2D eigenvalue weighted by Crippen LogP contribution is 2.37. The Kier molecular flexibility index (Phi) is 4.38. The van der Waals surface area contributed by atoms with Crippen molar-refractivity contribution in [2.45, 2.75) is 18.9 Å². The zero-order chi connectivity index (χ0) is 22.5. The van der Waals surface area contributed by atoms with Crippen molar-refractivity contribution in [3.8, 4) is 11.5 Å². The molecule has 6 rings (SSSR count). The number of aromatic nitrogens is 7. The van der Waals surface area contributed by atoms with Gasteiger partial charge in [-0.1, -0.05) is 11.2 Å². The molecule has 33 heavy (non-hydrogen) atoms. The van der Waals surface area contributed by atoms with E-state index in [-0.39, 0.29) is 23.2 Å². The Morgan fingerprint density at radius 2 is 2.03 bits per heavy atom. The van der Waals surface area contributed by atoms with Gasteiger partial charge in [0.25, 0.3) is 12.3 Å². The minimum atomic E-state index is -2.68. The molecule has 1 aliphatic rings. The molecular weight excluding hydrogens is 437 g/mol. The predicted molar refractivity (Wildman–Crippen MR) is 109 cm³/mol. The maximum atomic E-state index is 14.1. The molecule has 6 heterocycles. The summed E-state index contributed by atoms with van der Waals surface area (Å²) in [6.45, 7) is 0.465. The molecule has 12 heteroatoms. The van der Waals surface area contributed by atoms with E-state index in [1.165, 1.54) is 22.8 Å². The number of H-pyrrole nitrogens is 1. The Morgan fingerprint density at radius 1 is 1.12 bits per heavy atom. The highest BCUT2D eigenvalue weighted by molar-refractivity contribution is 5.55. The fraction of sp³-hybridized carbons (Fsp3) is 0.190. The van der Waals surface area contributed by atoms with Gasteiger partial charge >= 0.3 is 6.01 Å². The van der Waals surface area contributed by atoms with Crippen LogP contribution in [0.5, 0.6) is 0 Å². The number of halogens is 3. The second-order valence-electron chi connectivity index (χ2n) is 7.50. The number of rotatable bonds is 4. The maximum absolute atomic E-state index is 14.1. The first kappa shape index (κ1) is 19.5. The molecule has 1 N–H and O–H groups in total. The lowest BCUT2D eigenvalue weighted by Gasteiger charge is -2.32. The summed E-state index contributed by atoms with van der Waals surface area (Å²) in [6, 6.07) is 8.96. The lowest BCUT2D eigenvalue weighted by Crippen LogP contribution is -2.37. The number of fused-ring (bicyclic) bond motifs is 2. The number of hydrogen-bond donors (Lipinski definition) is 1. The van der Waals surface area contributed by atoms with E-state index in [1.807, 2.05) is 0 Å². The third kappa shape index (κ3) is 3.13. The number of hydrogen-bond acceptors (Lipinski definition) is 7. The second kappa shape index (κ2) is 7.43. The zero-order valence-corrected chi connectivity index (χ0v) is 16.9. The third-order valence-electron chi connectivity index (χ3n) is 5.61. The van der Waals surface area contributed by atoms with Crippen molar-refractivity contribution in [2.24, 2.45) is 0 Å². The topological polar surface area (TPSA) is 101 Å². The van der Waals surface area contributed by atoms with Crippen molar-refractivity contribution in [3.63, 3.8) is 0 Å². The normalized spacial score (nSPS) is 16.0. The Morgan fingerprint density at radius 3 is 2.88 bits per heavy atom. The molecule has 0 spiro atoms. The summed E-state index contributed by atoms with van der Waals surface area (Å²) in [5.41, 5.74) is 2.46. The van der Waals surface area contributed by atoms with E-state index >= 15 is 0 Å².